The first-order valence-corrected chi connectivity index (χ1v) is 2.75. The number of hydrogen-bond acceptors (Lipinski definition) is 2. The fourth-order valence-corrected chi connectivity index (χ4v) is 0.768. The lowest BCUT2D eigenvalue weighted by molar-refractivity contribution is -0.174. The van der Waals surface area contributed by atoms with Crippen LogP contribution in [-0.4, -0.2) is 30.5 Å². The predicted molar refractivity (Wildman–Crippen MR) is 29.7 cm³/mol. The second-order valence-electron chi connectivity index (χ2n) is 2.09. The van der Waals surface area contributed by atoms with Gasteiger partial charge in [-0.2, -0.15) is 18.3 Å². The largest absolute Gasteiger partial charge is 0.410 e. The molecule has 0 aromatic rings. The highest BCUT2D eigenvalue weighted by atomic mass is 19.4. The van der Waals surface area contributed by atoms with Crippen LogP contribution in [0.5, 0.6) is 0 Å². The van der Waals surface area contributed by atoms with Gasteiger partial charge < -0.3 is 0 Å². The van der Waals surface area contributed by atoms with Crippen molar-refractivity contribution in [3.63, 3.8) is 0 Å². The molecule has 1 heterocycles. The van der Waals surface area contributed by atoms with Crippen molar-refractivity contribution in [1.29, 1.82) is 0 Å². The van der Waals surface area contributed by atoms with Crippen LogP contribution >= 0.6 is 0 Å². The minimum Gasteiger partial charge on any atom is -0.287 e. The number of alkyl halides is 3. The molecule has 1 rings (SSSR count). The van der Waals surface area contributed by atoms with Gasteiger partial charge >= 0.3 is 6.18 Å². The van der Waals surface area contributed by atoms with Gasteiger partial charge in [-0.1, -0.05) is 0 Å². The van der Waals surface area contributed by atoms with Gasteiger partial charge in [0.05, 0.1) is 6.21 Å². The van der Waals surface area contributed by atoms with E-state index in [9.17, 15) is 13.2 Å². The zero-order valence-corrected chi connectivity index (χ0v) is 5.31. The lowest BCUT2D eigenvalue weighted by Crippen LogP contribution is -2.37. The summed E-state index contributed by atoms with van der Waals surface area (Å²) >= 11 is 0. The Bertz CT molecular complexity index is 151. The van der Waals surface area contributed by atoms with Crippen LogP contribution in [0.3, 0.4) is 0 Å². The summed E-state index contributed by atoms with van der Waals surface area (Å²) in [4.78, 5) is 0. The minimum absolute atomic E-state index is 0.153. The Kier molecular flexibility index (Phi) is 1.58. The van der Waals surface area contributed by atoms with Gasteiger partial charge in [0.15, 0.2) is 0 Å². The van der Waals surface area contributed by atoms with Crippen molar-refractivity contribution < 1.29 is 13.2 Å². The Hall–Kier alpha value is -0.740. The predicted octanol–water partition coefficient (Wildman–Crippen LogP) is 1.12. The van der Waals surface area contributed by atoms with E-state index in [0.717, 1.165) is 5.01 Å². The number of hydrazone groups is 1. The SMILES string of the molecule is CN1N=[C]CC1C(F)(F)F. The molecule has 10 heavy (non-hydrogen) atoms. The lowest BCUT2D eigenvalue weighted by atomic mass is 10.2. The van der Waals surface area contributed by atoms with Crippen molar-refractivity contribution in [2.24, 2.45) is 5.10 Å². The van der Waals surface area contributed by atoms with E-state index >= 15 is 0 Å². The van der Waals surface area contributed by atoms with Gasteiger partial charge in [0.1, 0.15) is 6.04 Å². The maximum atomic E-state index is 11.9. The third-order valence-corrected chi connectivity index (χ3v) is 1.34. The molecule has 1 radical (unpaired) electrons. The third-order valence-electron chi connectivity index (χ3n) is 1.34. The van der Waals surface area contributed by atoms with E-state index in [1.165, 1.54) is 7.05 Å². The van der Waals surface area contributed by atoms with E-state index in [2.05, 4.69) is 11.3 Å². The van der Waals surface area contributed by atoms with E-state index in [1.54, 1.807) is 0 Å². The van der Waals surface area contributed by atoms with Gasteiger partial charge in [-0.15, -0.1) is 0 Å². The topological polar surface area (TPSA) is 15.6 Å². The number of nitrogens with zero attached hydrogens (tertiary/aromatic N) is 2. The summed E-state index contributed by atoms with van der Waals surface area (Å²) in [7, 11) is 1.29. The Labute approximate surface area is 56.3 Å². The maximum absolute atomic E-state index is 11.9. The summed E-state index contributed by atoms with van der Waals surface area (Å²) < 4.78 is 35.6. The van der Waals surface area contributed by atoms with E-state index in [4.69, 9.17) is 0 Å². The van der Waals surface area contributed by atoms with Crippen LogP contribution in [0.15, 0.2) is 5.10 Å². The summed E-state index contributed by atoms with van der Waals surface area (Å²) in [6, 6.07) is -1.47. The molecule has 2 nitrogen and oxygen atoms in total. The summed E-state index contributed by atoms with van der Waals surface area (Å²) in [5, 5.41) is 4.22. The molecule has 0 aromatic heterocycles. The molecular formula is C5H6F3N2. The van der Waals surface area contributed by atoms with Crippen molar-refractivity contribution in [2.45, 2.75) is 18.6 Å². The van der Waals surface area contributed by atoms with Gasteiger partial charge in [-0.3, -0.25) is 5.01 Å². The van der Waals surface area contributed by atoms with Gasteiger partial charge in [0.25, 0.3) is 0 Å². The summed E-state index contributed by atoms with van der Waals surface area (Å²) in [6.45, 7) is 0. The second kappa shape index (κ2) is 2.14. The molecule has 0 N–H and O–H groups in total. The molecule has 1 atom stereocenters. The van der Waals surface area contributed by atoms with Gasteiger partial charge in [0, 0.05) is 13.5 Å². The molecule has 0 saturated heterocycles. The van der Waals surface area contributed by atoms with Gasteiger partial charge in [-0.25, -0.2) is 0 Å². The average molecular weight is 151 g/mol. The van der Waals surface area contributed by atoms with Crippen molar-refractivity contribution in [3.05, 3.63) is 0 Å². The molecule has 0 bridgehead atoms. The first-order valence-electron chi connectivity index (χ1n) is 2.75. The number of hydrogen-bond donors (Lipinski definition) is 0. The number of halogens is 3. The molecule has 0 aromatic carbocycles. The molecule has 0 aliphatic carbocycles. The molecule has 1 aliphatic heterocycles. The highest BCUT2D eigenvalue weighted by Gasteiger charge is 2.43. The van der Waals surface area contributed by atoms with Crippen molar-refractivity contribution >= 4 is 6.21 Å². The minimum atomic E-state index is -4.18. The molecule has 0 spiro atoms. The first kappa shape index (κ1) is 7.37. The van der Waals surface area contributed by atoms with Crippen molar-refractivity contribution in [1.82, 2.24) is 5.01 Å². The molecular weight excluding hydrogens is 145 g/mol. The molecule has 57 valence electrons. The van der Waals surface area contributed by atoms with Gasteiger partial charge in [0.2, 0.25) is 0 Å². The first-order chi connectivity index (χ1) is 4.52. The molecule has 0 saturated carbocycles. The second-order valence-corrected chi connectivity index (χ2v) is 2.09. The summed E-state index contributed by atoms with van der Waals surface area (Å²) in [5.74, 6) is 0. The highest BCUT2D eigenvalue weighted by Crippen LogP contribution is 2.28. The molecule has 0 amide bonds. The monoisotopic (exact) mass is 151 g/mol. The summed E-state index contributed by atoms with van der Waals surface area (Å²) in [5.41, 5.74) is 0. The third kappa shape index (κ3) is 1.22. The standard InChI is InChI=1S/C5H6F3N2/c1-10-4(2-3-9-10)5(6,7)8/h4H,2H2,1H3. The number of rotatable bonds is 0. The Morgan fingerprint density at radius 1 is 1.60 bits per heavy atom. The zero-order chi connectivity index (χ0) is 7.78. The van der Waals surface area contributed by atoms with E-state index in [-0.39, 0.29) is 6.42 Å². The van der Waals surface area contributed by atoms with E-state index in [1.807, 2.05) is 0 Å². The molecule has 1 aliphatic rings. The zero-order valence-electron chi connectivity index (χ0n) is 5.31. The van der Waals surface area contributed by atoms with E-state index in [0.29, 0.717) is 0 Å². The maximum Gasteiger partial charge on any atom is 0.410 e. The normalized spacial score (nSPS) is 26.0. The lowest BCUT2D eigenvalue weighted by Gasteiger charge is -2.20. The fourth-order valence-electron chi connectivity index (χ4n) is 0.768. The Morgan fingerprint density at radius 2 is 2.20 bits per heavy atom. The Morgan fingerprint density at radius 3 is 2.40 bits per heavy atom. The highest BCUT2D eigenvalue weighted by molar-refractivity contribution is 5.60. The van der Waals surface area contributed by atoms with Crippen LogP contribution < -0.4 is 0 Å². The van der Waals surface area contributed by atoms with Crippen molar-refractivity contribution in [2.75, 3.05) is 7.05 Å². The molecule has 1 unspecified atom stereocenters. The van der Waals surface area contributed by atoms with Crippen molar-refractivity contribution in [3.8, 4) is 0 Å². The fraction of sp³-hybridized carbons (Fsp3) is 0.800. The molecule has 0 fully saturated rings. The van der Waals surface area contributed by atoms with Crippen LogP contribution in [-0.2, 0) is 0 Å². The van der Waals surface area contributed by atoms with Crippen LogP contribution in [0, 0.1) is 0 Å². The van der Waals surface area contributed by atoms with Crippen LogP contribution in [0.25, 0.3) is 0 Å². The van der Waals surface area contributed by atoms with Crippen LogP contribution in [0.4, 0.5) is 13.2 Å². The Balaban J connectivity index is 2.60. The smallest absolute Gasteiger partial charge is 0.287 e. The van der Waals surface area contributed by atoms with E-state index < -0.39 is 12.2 Å². The van der Waals surface area contributed by atoms with Crippen LogP contribution in [0.1, 0.15) is 6.42 Å². The summed E-state index contributed by atoms with van der Waals surface area (Å²) in [6.07, 6.45) is -2.07. The average Bonchev–Trinajstić information content (AvgIpc) is 2.11. The molecule has 5 heteroatoms. The quantitative estimate of drug-likeness (QED) is 0.506. The van der Waals surface area contributed by atoms with Crippen LogP contribution in [0.2, 0.25) is 0 Å². The van der Waals surface area contributed by atoms with Gasteiger partial charge in [-0.05, 0) is 0 Å².